The van der Waals surface area contributed by atoms with Crippen LogP contribution in [0.4, 0.5) is 10.1 Å². The van der Waals surface area contributed by atoms with Crippen LogP contribution in [0.5, 0.6) is 0 Å². The van der Waals surface area contributed by atoms with Crippen molar-refractivity contribution >= 4 is 11.6 Å². The van der Waals surface area contributed by atoms with E-state index in [1.807, 2.05) is 0 Å². The van der Waals surface area contributed by atoms with Crippen molar-refractivity contribution in [2.24, 2.45) is 5.73 Å². The summed E-state index contributed by atoms with van der Waals surface area (Å²) >= 11 is 0. The molecule has 0 aliphatic rings. The van der Waals surface area contributed by atoms with Crippen LogP contribution in [-0.4, -0.2) is 23.9 Å². The average Bonchev–Trinajstić information content (AvgIpc) is 2.33. The number of nitrogens with zero attached hydrogens (tertiary/aromatic N) is 1. The quantitative estimate of drug-likeness (QED) is 0.464. The van der Waals surface area contributed by atoms with Crippen LogP contribution in [0.1, 0.15) is 10.4 Å². The molecule has 1 aromatic carbocycles. The van der Waals surface area contributed by atoms with Gasteiger partial charge in [0.25, 0.3) is 11.6 Å². The highest BCUT2D eigenvalue weighted by Gasteiger charge is 2.13. The van der Waals surface area contributed by atoms with Crippen molar-refractivity contribution in [2.75, 3.05) is 13.1 Å². The fraction of sp³-hybridized carbons (Fsp3) is 0.182. The van der Waals surface area contributed by atoms with Gasteiger partial charge in [-0.3, -0.25) is 14.9 Å². The SMILES string of the molecule is NC/C=C/CNC(=O)c1cc(F)cc([N+](=O)[O-])c1. The third-order valence-corrected chi connectivity index (χ3v) is 2.04. The zero-order valence-electron chi connectivity index (χ0n) is 9.43. The predicted octanol–water partition coefficient (Wildman–Crippen LogP) is 0.979. The van der Waals surface area contributed by atoms with E-state index in [0.717, 1.165) is 18.2 Å². The minimum Gasteiger partial charge on any atom is -0.349 e. The van der Waals surface area contributed by atoms with Gasteiger partial charge < -0.3 is 11.1 Å². The summed E-state index contributed by atoms with van der Waals surface area (Å²) in [5, 5.41) is 13.0. The molecule has 0 unspecified atom stereocenters. The van der Waals surface area contributed by atoms with Crippen LogP contribution in [0, 0.1) is 15.9 Å². The smallest absolute Gasteiger partial charge is 0.273 e. The number of benzene rings is 1. The number of carbonyl (C=O) groups excluding carboxylic acids is 1. The number of non-ortho nitro benzene ring substituents is 1. The largest absolute Gasteiger partial charge is 0.349 e. The molecule has 1 amide bonds. The summed E-state index contributed by atoms with van der Waals surface area (Å²) in [6.45, 7) is 0.571. The van der Waals surface area contributed by atoms with Crippen LogP contribution < -0.4 is 11.1 Å². The van der Waals surface area contributed by atoms with Gasteiger partial charge in [-0.15, -0.1) is 0 Å². The number of rotatable bonds is 5. The first-order valence-corrected chi connectivity index (χ1v) is 5.13. The fourth-order valence-corrected chi connectivity index (χ4v) is 1.24. The Morgan fingerprint density at radius 1 is 1.44 bits per heavy atom. The van der Waals surface area contributed by atoms with Gasteiger partial charge in [-0.25, -0.2) is 4.39 Å². The van der Waals surface area contributed by atoms with E-state index in [4.69, 9.17) is 5.73 Å². The first kappa shape index (κ1) is 13.8. The second-order valence-corrected chi connectivity index (χ2v) is 3.37. The van der Waals surface area contributed by atoms with Gasteiger partial charge in [-0.1, -0.05) is 12.2 Å². The second-order valence-electron chi connectivity index (χ2n) is 3.37. The number of hydrogen-bond acceptors (Lipinski definition) is 4. The van der Waals surface area contributed by atoms with Crippen LogP contribution in [0.3, 0.4) is 0 Å². The van der Waals surface area contributed by atoms with E-state index in [1.165, 1.54) is 0 Å². The van der Waals surface area contributed by atoms with Gasteiger partial charge in [0.2, 0.25) is 0 Å². The Morgan fingerprint density at radius 2 is 2.17 bits per heavy atom. The van der Waals surface area contributed by atoms with Crippen LogP contribution in [0.25, 0.3) is 0 Å². The number of nitrogens with one attached hydrogen (secondary N) is 1. The molecule has 0 saturated carbocycles. The van der Waals surface area contributed by atoms with E-state index < -0.39 is 22.3 Å². The van der Waals surface area contributed by atoms with E-state index in [9.17, 15) is 19.3 Å². The summed E-state index contributed by atoms with van der Waals surface area (Å²) in [4.78, 5) is 21.3. The minimum atomic E-state index is -0.827. The zero-order valence-corrected chi connectivity index (χ0v) is 9.43. The van der Waals surface area contributed by atoms with Crippen molar-refractivity contribution in [3.05, 3.63) is 51.8 Å². The summed E-state index contributed by atoms with van der Waals surface area (Å²) in [7, 11) is 0. The van der Waals surface area contributed by atoms with Crippen molar-refractivity contribution in [3.8, 4) is 0 Å². The number of nitrogens with two attached hydrogens (primary N) is 1. The van der Waals surface area contributed by atoms with Gasteiger partial charge in [-0.05, 0) is 6.07 Å². The highest BCUT2D eigenvalue weighted by Crippen LogP contribution is 2.16. The van der Waals surface area contributed by atoms with Crippen LogP contribution in [-0.2, 0) is 0 Å². The Morgan fingerprint density at radius 3 is 2.78 bits per heavy atom. The molecule has 0 spiro atoms. The van der Waals surface area contributed by atoms with E-state index >= 15 is 0 Å². The summed E-state index contributed by atoms with van der Waals surface area (Å²) in [5.74, 6) is -1.41. The van der Waals surface area contributed by atoms with Gasteiger partial charge in [-0.2, -0.15) is 0 Å². The second kappa shape index (κ2) is 6.45. The van der Waals surface area contributed by atoms with Crippen LogP contribution in [0.2, 0.25) is 0 Å². The molecule has 96 valence electrons. The number of carbonyl (C=O) groups is 1. The number of nitro benzene ring substituents is 1. The summed E-state index contributed by atoms with van der Waals surface area (Å²) < 4.78 is 13.1. The van der Waals surface area contributed by atoms with Gasteiger partial charge in [0.1, 0.15) is 5.82 Å². The molecule has 0 aromatic heterocycles. The maximum Gasteiger partial charge on any atom is 0.273 e. The van der Waals surface area contributed by atoms with Crippen molar-refractivity contribution < 1.29 is 14.1 Å². The third kappa shape index (κ3) is 3.95. The Bertz CT molecular complexity index is 488. The first-order chi connectivity index (χ1) is 8.54. The number of hydrogen-bond donors (Lipinski definition) is 2. The van der Waals surface area contributed by atoms with E-state index in [1.54, 1.807) is 12.2 Å². The molecule has 0 bridgehead atoms. The minimum absolute atomic E-state index is 0.0946. The zero-order chi connectivity index (χ0) is 13.5. The molecule has 0 fully saturated rings. The summed E-state index contributed by atoms with van der Waals surface area (Å²) in [5.41, 5.74) is 4.65. The molecule has 6 nitrogen and oxygen atoms in total. The van der Waals surface area contributed by atoms with Crippen molar-refractivity contribution in [1.29, 1.82) is 0 Å². The van der Waals surface area contributed by atoms with Gasteiger partial charge in [0, 0.05) is 24.7 Å². The molecule has 7 heteroatoms. The monoisotopic (exact) mass is 253 g/mol. The Hall–Kier alpha value is -2.28. The summed E-state index contributed by atoms with van der Waals surface area (Å²) in [6, 6.07) is 2.71. The van der Waals surface area contributed by atoms with Gasteiger partial charge in [0.05, 0.1) is 11.0 Å². The molecular formula is C11H12FN3O3. The molecule has 3 N–H and O–H groups in total. The van der Waals surface area contributed by atoms with E-state index in [2.05, 4.69) is 5.32 Å². The lowest BCUT2D eigenvalue weighted by atomic mass is 10.2. The lowest BCUT2D eigenvalue weighted by Gasteiger charge is -2.02. The van der Waals surface area contributed by atoms with Crippen LogP contribution >= 0.6 is 0 Å². The number of nitro groups is 1. The highest BCUT2D eigenvalue weighted by molar-refractivity contribution is 5.94. The van der Waals surface area contributed by atoms with E-state index in [-0.39, 0.29) is 12.1 Å². The third-order valence-electron chi connectivity index (χ3n) is 2.04. The molecule has 0 saturated heterocycles. The normalized spacial score (nSPS) is 10.6. The number of amides is 1. The summed E-state index contributed by atoms with van der Waals surface area (Å²) in [6.07, 6.45) is 3.28. The van der Waals surface area contributed by atoms with Gasteiger partial charge >= 0.3 is 0 Å². The Kier molecular flexibility index (Phi) is 4.94. The molecule has 18 heavy (non-hydrogen) atoms. The maximum atomic E-state index is 13.1. The lowest BCUT2D eigenvalue weighted by Crippen LogP contribution is -2.23. The predicted molar refractivity (Wildman–Crippen MR) is 63.6 cm³/mol. The molecule has 0 heterocycles. The average molecular weight is 253 g/mol. The van der Waals surface area contributed by atoms with Gasteiger partial charge in [0.15, 0.2) is 0 Å². The molecule has 0 radical (unpaired) electrons. The lowest BCUT2D eigenvalue weighted by molar-refractivity contribution is -0.385. The molecule has 0 atom stereocenters. The fourth-order valence-electron chi connectivity index (χ4n) is 1.24. The topological polar surface area (TPSA) is 98.3 Å². The first-order valence-electron chi connectivity index (χ1n) is 5.13. The highest BCUT2D eigenvalue weighted by atomic mass is 19.1. The number of halogens is 1. The Labute approximate surface area is 102 Å². The molecule has 1 aromatic rings. The van der Waals surface area contributed by atoms with Crippen molar-refractivity contribution in [2.45, 2.75) is 0 Å². The van der Waals surface area contributed by atoms with Crippen molar-refractivity contribution in [1.82, 2.24) is 5.32 Å². The molecular weight excluding hydrogens is 241 g/mol. The Balaban J connectivity index is 2.79. The van der Waals surface area contributed by atoms with E-state index in [0.29, 0.717) is 6.54 Å². The molecule has 0 aliphatic heterocycles. The maximum absolute atomic E-state index is 13.1. The molecule has 1 rings (SSSR count). The molecule has 0 aliphatic carbocycles. The van der Waals surface area contributed by atoms with Crippen LogP contribution in [0.15, 0.2) is 30.4 Å². The van der Waals surface area contributed by atoms with Crippen molar-refractivity contribution in [3.63, 3.8) is 0 Å². The standard InChI is InChI=1S/C11H12FN3O3/c12-9-5-8(6-10(7-9)15(17)18)11(16)14-4-2-1-3-13/h1-2,5-7H,3-4,13H2,(H,14,16)/b2-1+.